The minimum atomic E-state index is -4.72. The molecule has 3 aromatic carbocycles. The monoisotopic (exact) mass is 586 g/mol. The molecule has 42 heavy (non-hydrogen) atoms. The first-order valence-corrected chi connectivity index (χ1v) is 12.4. The summed E-state index contributed by atoms with van der Waals surface area (Å²) in [6, 6.07) is 13.6. The van der Waals surface area contributed by atoms with E-state index in [2.05, 4.69) is 27.8 Å². The number of hydroxylamine groups is 1. The van der Waals surface area contributed by atoms with E-state index in [1.165, 1.54) is 24.5 Å². The van der Waals surface area contributed by atoms with Crippen molar-refractivity contribution in [2.24, 2.45) is 0 Å². The zero-order valence-corrected chi connectivity index (χ0v) is 22.1. The van der Waals surface area contributed by atoms with E-state index in [-0.39, 0.29) is 24.2 Å². The molecule has 0 aliphatic rings. The summed E-state index contributed by atoms with van der Waals surface area (Å²) in [4.78, 5) is 36.1. The van der Waals surface area contributed by atoms with Crippen LogP contribution < -0.4 is 21.4 Å². The van der Waals surface area contributed by atoms with Crippen molar-refractivity contribution in [1.29, 1.82) is 0 Å². The molecule has 0 fully saturated rings. The normalized spacial score (nSPS) is 12.4. The molecule has 220 valence electrons. The van der Waals surface area contributed by atoms with Gasteiger partial charge in [-0.2, -0.15) is 13.2 Å². The lowest BCUT2D eigenvalue weighted by Crippen LogP contribution is -2.51. The van der Waals surface area contributed by atoms with Gasteiger partial charge in [-0.15, -0.1) is 0 Å². The number of nitrogens with one attached hydrogen (secondary N) is 4. The fourth-order valence-electron chi connectivity index (χ4n) is 3.67. The largest absolute Gasteiger partial charge is 0.416 e. The number of rotatable bonds is 9. The minimum Gasteiger partial charge on any atom is -0.391 e. The van der Waals surface area contributed by atoms with E-state index in [9.17, 15) is 37.1 Å². The van der Waals surface area contributed by atoms with Gasteiger partial charge >= 0.3 is 6.18 Å². The number of hydrogen-bond donors (Lipinski definition) is 6. The molecule has 2 atom stereocenters. The van der Waals surface area contributed by atoms with Crippen LogP contribution in [0.15, 0.2) is 66.7 Å². The summed E-state index contributed by atoms with van der Waals surface area (Å²) in [5.41, 5.74) is 1.91. The Bertz CT molecular complexity index is 1480. The molecule has 9 nitrogen and oxygen atoms in total. The van der Waals surface area contributed by atoms with Gasteiger partial charge in [-0.05, 0) is 73.2 Å². The molecular weight excluding hydrogens is 560 g/mol. The molecule has 6 N–H and O–H groups in total. The van der Waals surface area contributed by atoms with Crippen molar-refractivity contribution in [1.82, 2.24) is 16.1 Å². The van der Waals surface area contributed by atoms with Crippen molar-refractivity contribution >= 4 is 23.4 Å². The lowest BCUT2D eigenvalue weighted by molar-refractivity contribution is -0.138. The maximum absolute atomic E-state index is 13.2. The van der Waals surface area contributed by atoms with Crippen molar-refractivity contribution in [3.8, 4) is 11.8 Å². The Labute approximate surface area is 237 Å². The van der Waals surface area contributed by atoms with Gasteiger partial charge in [0, 0.05) is 28.9 Å². The Balaban J connectivity index is 1.52. The first-order chi connectivity index (χ1) is 19.9. The van der Waals surface area contributed by atoms with Gasteiger partial charge < -0.3 is 21.1 Å². The van der Waals surface area contributed by atoms with Crippen LogP contribution in [0.1, 0.15) is 39.5 Å². The topological polar surface area (TPSA) is 140 Å². The van der Waals surface area contributed by atoms with Gasteiger partial charge in [-0.3, -0.25) is 19.6 Å². The Morgan fingerprint density at radius 3 is 2.07 bits per heavy atom. The highest BCUT2D eigenvalue weighted by Gasteiger charge is 2.33. The summed E-state index contributed by atoms with van der Waals surface area (Å²) < 4.78 is 52.5. The van der Waals surface area contributed by atoms with Crippen LogP contribution in [0.5, 0.6) is 0 Å². The third kappa shape index (κ3) is 9.13. The first kappa shape index (κ1) is 31.8. The Kier molecular flexibility index (Phi) is 10.8. The van der Waals surface area contributed by atoms with Gasteiger partial charge in [0.05, 0.1) is 18.2 Å². The van der Waals surface area contributed by atoms with Crippen LogP contribution >= 0.6 is 0 Å². The molecule has 3 rings (SSSR count). The second-order valence-electron chi connectivity index (χ2n) is 9.02. The molecular formula is C29H26F4N4O5. The Morgan fingerprint density at radius 1 is 0.929 bits per heavy atom. The zero-order chi connectivity index (χ0) is 30.9. The van der Waals surface area contributed by atoms with E-state index in [1.54, 1.807) is 36.4 Å². The van der Waals surface area contributed by atoms with Crippen LogP contribution in [0.2, 0.25) is 0 Å². The number of carbonyl (C=O) groups is 3. The predicted molar refractivity (Wildman–Crippen MR) is 143 cm³/mol. The van der Waals surface area contributed by atoms with Crippen molar-refractivity contribution in [3.05, 3.63) is 100 Å². The highest BCUT2D eigenvalue weighted by molar-refractivity contribution is 5.97. The van der Waals surface area contributed by atoms with Gasteiger partial charge in [0.2, 0.25) is 5.91 Å². The van der Waals surface area contributed by atoms with Gasteiger partial charge in [-0.25, -0.2) is 9.87 Å². The molecule has 0 spiro atoms. The van der Waals surface area contributed by atoms with Crippen LogP contribution in [-0.4, -0.2) is 46.7 Å². The van der Waals surface area contributed by atoms with Crippen LogP contribution in [0.25, 0.3) is 0 Å². The highest BCUT2D eigenvalue weighted by Crippen LogP contribution is 2.32. The Morgan fingerprint density at radius 2 is 1.52 bits per heavy atom. The van der Waals surface area contributed by atoms with Gasteiger partial charge in [0.1, 0.15) is 11.9 Å². The number of hydrogen-bond acceptors (Lipinski definition) is 6. The summed E-state index contributed by atoms with van der Waals surface area (Å²) in [5, 5.41) is 25.9. The first-order valence-electron chi connectivity index (χ1n) is 12.4. The zero-order valence-electron chi connectivity index (χ0n) is 22.1. The molecule has 0 aromatic heterocycles. The SMILES string of the molecule is CC(O)C(NC(=O)c1ccc(C#Cc2ccc(NC(=O)CNCc3ccc(F)cc3C(F)(F)F)cc2)cc1)C(=O)NO. The molecule has 0 aliphatic carbocycles. The summed E-state index contributed by atoms with van der Waals surface area (Å²) in [6.45, 7) is 0.720. The van der Waals surface area contributed by atoms with Crippen LogP contribution in [0.4, 0.5) is 23.2 Å². The average molecular weight is 587 g/mol. The minimum absolute atomic E-state index is 0.186. The lowest BCUT2D eigenvalue weighted by atomic mass is 10.1. The number of aliphatic hydroxyl groups is 1. The average Bonchev–Trinajstić information content (AvgIpc) is 2.95. The molecule has 0 saturated carbocycles. The van der Waals surface area contributed by atoms with Gasteiger partial charge in [0.25, 0.3) is 11.8 Å². The maximum Gasteiger partial charge on any atom is 0.416 e. The highest BCUT2D eigenvalue weighted by atomic mass is 19.4. The van der Waals surface area contributed by atoms with E-state index < -0.39 is 47.4 Å². The van der Waals surface area contributed by atoms with E-state index >= 15 is 0 Å². The fraction of sp³-hybridized carbons (Fsp3) is 0.207. The third-order valence-corrected chi connectivity index (χ3v) is 5.81. The number of anilines is 1. The number of carbonyl (C=O) groups excluding carboxylic acids is 3. The summed E-state index contributed by atoms with van der Waals surface area (Å²) in [5.74, 6) is 2.74. The van der Waals surface area contributed by atoms with Crippen molar-refractivity contribution in [3.63, 3.8) is 0 Å². The molecule has 0 bridgehead atoms. The fourth-order valence-corrected chi connectivity index (χ4v) is 3.67. The molecule has 0 heterocycles. The molecule has 3 aromatic rings. The van der Waals surface area contributed by atoms with Crippen molar-refractivity contribution in [2.45, 2.75) is 31.8 Å². The molecule has 0 radical (unpaired) electrons. The van der Waals surface area contributed by atoms with Crippen LogP contribution in [-0.2, 0) is 22.3 Å². The third-order valence-electron chi connectivity index (χ3n) is 5.81. The molecule has 13 heteroatoms. The van der Waals surface area contributed by atoms with E-state index in [0.29, 0.717) is 22.9 Å². The number of halogens is 4. The molecule has 0 saturated heterocycles. The van der Waals surface area contributed by atoms with Gasteiger partial charge in [-0.1, -0.05) is 17.9 Å². The summed E-state index contributed by atoms with van der Waals surface area (Å²) >= 11 is 0. The van der Waals surface area contributed by atoms with E-state index in [0.717, 1.165) is 12.1 Å². The van der Waals surface area contributed by atoms with Crippen molar-refractivity contribution < 1.29 is 42.3 Å². The second kappa shape index (κ2) is 14.2. The quantitative estimate of drug-likeness (QED) is 0.0987. The number of amides is 3. The smallest absolute Gasteiger partial charge is 0.391 e. The maximum atomic E-state index is 13.2. The van der Waals surface area contributed by atoms with Crippen molar-refractivity contribution in [2.75, 3.05) is 11.9 Å². The van der Waals surface area contributed by atoms with Crippen LogP contribution in [0.3, 0.4) is 0 Å². The molecule has 0 aliphatic heterocycles. The summed E-state index contributed by atoms with van der Waals surface area (Å²) in [6.07, 6.45) is -5.97. The second-order valence-corrected chi connectivity index (χ2v) is 9.02. The summed E-state index contributed by atoms with van der Waals surface area (Å²) in [7, 11) is 0. The number of alkyl halides is 3. The predicted octanol–water partition coefficient (Wildman–Crippen LogP) is 2.96. The van der Waals surface area contributed by atoms with Gasteiger partial charge in [0.15, 0.2) is 0 Å². The lowest BCUT2D eigenvalue weighted by Gasteiger charge is -2.19. The Hall–Kier alpha value is -4.77. The van der Waals surface area contributed by atoms with E-state index in [1.807, 2.05) is 0 Å². The number of aliphatic hydroxyl groups excluding tert-OH is 1. The number of benzene rings is 3. The standard InChI is InChI=1S/C29H26F4N4O5/c1-17(38)26(28(41)37-42)36-27(40)20-8-4-18(5-9-20)2-3-19-6-12-23(13-7-19)35-25(39)16-34-15-21-10-11-22(30)14-24(21)29(31,32)33/h4-14,17,26,34,38,42H,15-16H2,1H3,(H,35,39)(H,36,40)(H,37,41). The molecule has 3 amide bonds. The van der Waals surface area contributed by atoms with E-state index in [4.69, 9.17) is 5.21 Å². The van der Waals surface area contributed by atoms with Crippen LogP contribution in [0, 0.1) is 17.7 Å². The molecule has 2 unspecified atom stereocenters.